The van der Waals surface area contributed by atoms with Crippen LogP contribution in [0.5, 0.6) is 0 Å². The SMILES string of the molecule is CCNC(C)c1ccc(Sc2cc(C)ccc2C)cc1Br. The van der Waals surface area contributed by atoms with E-state index in [2.05, 4.69) is 85.3 Å². The Morgan fingerprint density at radius 1 is 1.14 bits per heavy atom. The van der Waals surface area contributed by atoms with Gasteiger partial charge in [0.2, 0.25) is 0 Å². The minimum atomic E-state index is 0.365. The van der Waals surface area contributed by atoms with Crippen molar-refractivity contribution in [3.63, 3.8) is 0 Å². The van der Waals surface area contributed by atoms with Crippen molar-refractivity contribution in [1.82, 2.24) is 5.32 Å². The molecule has 0 amide bonds. The van der Waals surface area contributed by atoms with Gasteiger partial charge < -0.3 is 5.32 Å². The van der Waals surface area contributed by atoms with Gasteiger partial charge in [-0.3, -0.25) is 0 Å². The Balaban J connectivity index is 2.22. The Kier molecular flexibility index (Phi) is 5.91. The van der Waals surface area contributed by atoms with Gasteiger partial charge in [-0.15, -0.1) is 0 Å². The third-order valence-electron chi connectivity index (χ3n) is 3.52. The lowest BCUT2D eigenvalue weighted by atomic mass is 10.1. The molecule has 0 radical (unpaired) electrons. The summed E-state index contributed by atoms with van der Waals surface area (Å²) in [4.78, 5) is 2.59. The normalized spacial score (nSPS) is 12.4. The second-order valence-electron chi connectivity index (χ2n) is 5.33. The van der Waals surface area contributed by atoms with E-state index in [1.807, 2.05) is 11.8 Å². The van der Waals surface area contributed by atoms with Crippen LogP contribution in [-0.4, -0.2) is 6.54 Å². The topological polar surface area (TPSA) is 12.0 Å². The molecule has 0 spiro atoms. The van der Waals surface area contributed by atoms with E-state index in [1.54, 1.807) is 0 Å². The molecule has 0 fully saturated rings. The predicted molar refractivity (Wildman–Crippen MR) is 96.3 cm³/mol. The van der Waals surface area contributed by atoms with Gasteiger partial charge in [-0.2, -0.15) is 0 Å². The fourth-order valence-corrected chi connectivity index (χ4v) is 4.20. The van der Waals surface area contributed by atoms with Crippen LogP contribution in [0, 0.1) is 13.8 Å². The molecule has 1 nitrogen and oxygen atoms in total. The molecule has 2 rings (SSSR count). The van der Waals surface area contributed by atoms with Crippen molar-refractivity contribution in [3.8, 4) is 0 Å². The third kappa shape index (κ3) is 4.35. The Bertz CT molecular complexity index is 625. The van der Waals surface area contributed by atoms with E-state index < -0.39 is 0 Å². The van der Waals surface area contributed by atoms with Gasteiger partial charge in [0.1, 0.15) is 0 Å². The molecular formula is C18H22BrNS. The first-order valence-electron chi connectivity index (χ1n) is 7.29. The van der Waals surface area contributed by atoms with Crippen molar-refractivity contribution in [2.24, 2.45) is 0 Å². The van der Waals surface area contributed by atoms with Crippen molar-refractivity contribution in [2.75, 3.05) is 6.54 Å². The van der Waals surface area contributed by atoms with Gasteiger partial charge in [0.05, 0.1) is 0 Å². The summed E-state index contributed by atoms with van der Waals surface area (Å²) >= 11 is 5.54. The van der Waals surface area contributed by atoms with Gasteiger partial charge in [0.15, 0.2) is 0 Å². The highest BCUT2D eigenvalue weighted by Gasteiger charge is 2.10. The number of benzene rings is 2. The first-order chi connectivity index (χ1) is 10.0. The number of nitrogens with one attached hydrogen (secondary N) is 1. The molecule has 0 aliphatic rings. The molecule has 0 aliphatic carbocycles. The largest absolute Gasteiger partial charge is 0.310 e. The Hall–Kier alpha value is -0.770. The standard InChI is InChI=1S/C18H22BrNS/c1-5-20-14(4)16-9-8-15(11-17(16)19)21-18-10-12(2)6-7-13(18)3/h6-11,14,20H,5H2,1-4H3. The average molecular weight is 364 g/mol. The highest BCUT2D eigenvalue weighted by molar-refractivity contribution is 9.10. The molecule has 3 heteroatoms. The number of hydrogen-bond acceptors (Lipinski definition) is 2. The van der Waals surface area contributed by atoms with E-state index in [1.165, 1.54) is 31.0 Å². The molecule has 0 aromatic heterocycles. The molecule has 0 aliphatic heterocycles. The zero-order chi connectivity index (χ0) is 15.4. The molecule has 2 aromatic carbocycles. The van der Waals surface area contributed by atoms with Crippen molar-refractivity contribution < 1.29 is 0 Å². The van der Waals surface area contributed by atoms with Crippen molar-refractivity contribution in [1.29, 1.82) is 0 Å². The average Bonchev–Trinajstić information content (AvgIpc) is 2.43. The van der Waals surface area contributed by atoms with Gasteiger partial charge in [-0.05, 0) is 62.2 Å². The number of halogens is 1. The first kappa shape index (κ1) is 16.6. The van der Waals surface area contributed by atoms with Crippen molar-refractivity contribution in [2.45, 2.75) is 43.5 Å². The minimum absolute atomic E-state index is 0.365. The van der Waals surface area contributed by atoms with Crippen LogP contribution in [-0.2, 0) is 0 Å². The molecule has 21 heavy (non-hydrogen) atoms. The maximum absolute atomic E-state index is 3.71. The van der Waals surface area contributed by atoms with Gasteiger partial charge in [-0.25, -0.2) is 0 Å². The first-order valence-corrected chi connectivity index (χ1v) is 8.90. The third-order valence-corrected chi connectivity index (χ3v) is 5.36. The molecular weight excluding hydrogens is 342 g/mol. The van der Waals surface area contributed by atoms with Crippen LogP contribution < -0.4 is 5.32 Å². The summed E-state index contributed by atoms with van der Waals surface area (Å²) in [5, 5.41) is 3.45. The maximum atomic E-state index is 3.71. The van der Waals surface area contributed by atoms with Crippen LogP contribution in [0.4, 0.5) is 0 Å². The Morgan fingerprint density at radius 2 is 1.90 bits per heavy atom. The molecule has 0 heterocycles. The summed E-state index contributed by atoms with van der Waals surface area (Å²) in [6.45, 7) is 9.61. The van der Waals surface area contributed by atoms with E-state index in [-0.39, 0.29) is 0 Å². The van der Waals surface area contributed by atoms with Crippen molar-refractivity contribution in [3.05, 3.63) is 57.6 Å². The maximum Gasteiger partial charge on any atom is 0.0302 e. The lowest BCUT2D eigenvalue weighted by Gasteiger charge is -2.15. The number of aryl methyl sites for hydroxylation is 2. The zero-order valence-electron chi connectivity index (χ0n) is 13.0. The lowest BCUT2D eigenvalue weighted by molar-refractivity contribution is 0.595. The molecule has 1 unspecified atom stereocenters. The van der Waals surface area contributed by atoms with Crippen LogP contribution in [0.25, 0.3) is 0 Å². The molecule has 0 saturated carbocycles. The van der Waals surface area contributed by atoms with Gasteiger partial charge in [-0.1, -0.05) is 52.8 Å². The summed E-state index contributed by atoms with van der Waals surface area (Å²) < 4.78 is 1.17. The molecule has 0 bridgehead atoms. The van der Waals surface area contributed by atoms with E-state index in [0.29, 0.717) is 6.04 Å². The molecule has 2 aromatic rings. The highest BCUT2D eigenvalue weighted by atomic mass is 79.9. The second-order valence-corrected chi connectivity index (χ2v) is 7.30. The summed E-state index contributed by atoms with van der Waals surface area (Å²) in [7, 11) is 0. The van der Waals surface area contributed by atoms with E-state index in [9.17, 15) is 0 Å². The summed E-state index contributed by atoms with van der Waals surface area (Å²) in [6.07, 6.45) is 0. The highest BCUT2D eigenvalue weighted by Crippen LogP contribution is 2.34. The minimum Gasteiger partial charge on any atom is -0.310 e. The second kappa shape index (κ2) is 7.48. The van der Waals surface area contributed by atoms with Crippen LogP contribution in [0.3, 0.4) is 0 Å². The predicted octanol–water partition coefficient (Wildman–Crippen LogP) is 5.89. The molecule has 112 valence electrons. The summed E-state index contributed by atoms with van der Waals surface area (Å²) in [5.74, 6) is 0. The number of rotatable bonds is 5. The fraction of sp³-hybridized carbons (Fsp3) is 0.333. The van der Waals surface area contributed by atoms with Gasteiger partial charge >= 0.3 is 0 Å². The Morgan fingerprint density at radius 3 is 2.57 bits per heavy atom. The Labute approximate surface area is 140 Å². The quantitative estimate of drug-likeness (QED) is 0.710. The van der Waals surface area contributed by atoms with Crippen molar-refractivity contribution >= 4 is 27.7 Å². The van der Waals surface area contributed by atoms with E-state index in [0.717, 1.165) is 6.54 Å². The van der Waals surface area contributed by atoms with E-state index >= 15 is 0 Å². The van der Waals surface area contributed by atoms with Crippen LogP contribution in [0.1, 0.15) is 36.6 Å². The summed E-state index contributed by atoms with van der Waals surface area (Å²) in [5.41, 5.74) is 3.94. The van der Waals surface area contributed by atoms with Crippen LogP contribution in [0.15, 0.2) is 50.7 Å². The molecule has 1 N–H and O–H groups in total. The molecule has 1 atom stereocenters. The number of hydrogen-bond donors (Lipinski definition) is 1. The monoisotopic (exact) mass is 363 g/mol. The smallest absolute Gasteiger partial charge is 0.0302 e. The van der Waals surface area contributed by atoms with Gasteiger partial charge in [0, 0.05) is 20.3 Å². The summed E-state index contributed by atoms with van der Waals surface area (Å²) in [6, 6.07) is 13.6. The fourth-order valence-electron chi connectivity index (χ4n) is 2.28. The van der Waals surface area contributed by atoms with E-state index in [4.69, 9.17) is 0 Å². The molecule has 0 saturated heterocycles. The zero-order valence-corrected chi connectivity index (χ0v) is 15.4. The van der Waals surface area contributed by atoms with Gasteiger partial charge in [0.25, 0.3) is 0 Å². The lowest BCUT2D eigenvalue weighted by Crippen LogP contribution is -2.18. The van der Waals surface area contributed by atoms with Crippen LogP contribution >= 0.6 is 27.7 Å². The van der Waals surface area contributed by atoms with Crippen LogP contribution in [0.2, 0.25) is 0 Å².